The number of hydrogen-bond donors (Lipinski definition) is 1. The van der Waals surface area contributed by atoms with Gasteiger partial charge in [-0.2, -0.15) is 4.31 Å². The molecule has 1 aliphatic heterocycles. The van der Waals surface area contributed by atoms with Gasteiger partial charge in [-0.15, -0.1) is 0 Å². The first kappa shape index (κ1) is 16.7. The molecule has 0 aliphatic carbocycles. The molecular formula is C18H19NO4S. The summed E-state index contributed by atoms with van der Waals surface area (Å²) in [6, 6.07) is 14.0. The van der Waals surface area contributed by atoms with E-state index in [9.17, 15) is 13.2 Å². The Balaban J connectivity index is 1.83. The third-order valence-corrected chi connectivity index (χ3v) is 6.35. The first-order chi connectivity index (χ1) is 11.4. The largest absolute Gasteiger partial charge is 0.481 e. The second-order valence-corrected chi connectivity index (χ2v) is 7.85. The van der Waals surface area contributed by atoms with Gasteiger partial charge in [0.15, 0.2) is 0 Å². The summed E-state index contributed by atoms with van der Waals surface area (Å²) in [5.74, 6) is -0.865. The van der Waals surface area contributed by atoms with Crippen LogP contribution in [0, 0.1) is 0 Å². The Morgan fingerprint density at radius 2 is 1.83 bits per heavy atom. The Bertz CT molecular complexity index is 859. The third-order valence-electron chi connectivity index (χ3n) is 4.42. The fourth-order valence-corrected chi connectivity index (χ4v) is 4.64. The van der Waals surface area contributed by atoms with Crippen molar-refractivity contribution in [2.45, 2.75) is 37.2 Å². The predicted octanol–water partition coefficient (Wildman–Crippen LogP) is 2.97. The molecule has 1 heterocycles. The van der Waals surface area contributed by atoms with Crippen molar-refractivity contribution in [2.24, 2.45) is 0 Å². The molecular weight excluding hydrogens is 326 g/mol. The molecule has 24 heavy (non-hydrogen) atoms. The van der Waals surface area contributed by atoms with Gasteiger partial charge in [-0.3, -0.25) is 4.79 Å². The highest BCUT2D eigenvalue weighted by Crippen LogP contribution is 2.37. The number of hydrogen-bond acceptors (Lipinski definition) is 3. The van der Waals surface area contributed by atoms with Crippen LogP contribution in [0.25, 0.3) is 0 Å². The van der Waals surface area contributed by atoms with Crippen molar-refractivity contribution in [3.05, 3.63) is 65.2 Å². The molecule has 0 saturated carbocycles. The predicted molar refractivity (Wildman–Crippen MR) is 90.0 cm³/mol. The van der Waals surface area contributed by atoms with Crippen LogP contribution in [-0.2, 0) is 27.8 Å². The fraction of sp³-hybridized carbons (Fsp3) is 0.278. The average molecular weight is 345 g/mol. The Morgan fingerprint density at radius 3 is 2.46 bits per heavy atom. The van der Waals surface area contributed by atoms with Gasteiger partial charge in [0.1, 0.15) is 0 Å². The number of benzene rings is 2. The molecule has 1 N–H and O–H groups in total. The molecule has 0 fully saturated rings. The number of carboxylic acids is 1. The molecule has 1 atom stereocenters. The quantitative estimate of drug-likeness (QED) is 0.904. The van der Waals surface area contributed by atoms with Crippen molar-refractivity contribution in [3.63, 3.8) is 0 Å². The van der Waals surface area contributed by atoms with Crippen molar-refractivity contribution in [1.29, 1.82) is 0 Å². The zero-order valence-corrected chi connectivity index (χ0v) is 14.2. The molecule has 2 aromatic rings. The normalized spacial score (nSPS) is 17.6. The lowest BCUT2D eigenvalue weighted by molar-refractivity contribution is -0.136. The number of aliphatic carboxylic acids is 1. The van der Waals surface area contributed by atoms with Gasteiger partial charge in [0.2, 0.25) is 10.0 Å². The van der Waals surface area contributed by atoms with Crippen LogP contribution in [-0.4, -0.2) is 23.8 Å². The lowest BCUT2D eigenvalue weighted by atomic mass is 10.1. The molecule has 126 valence electrons. The standard InChI is InChI=1S/C18H19NO4S/c1-13-17-5-3-2-4-15(17)12-19(13)24(22,23)16-9-6-14(7-10-16)8-11-18(20)21/h2-7,9-10,13H,8,11-12H2,1H3,(H,20,21)/t13-/m0/s1. The minimum absolute atomic E-state index is 0.0323. The summed E-state index contributed by atoms with van der Waals surface area (Å²) in [5, 5.41) is 8.71. The Hall–Kier alpha value is -2.18. The summed E-state index contributed by atoms with van der Waals surface area (Å²) in [4.78, 5) is 10.9. The van der Waals surface area contributed by atoms with Gasteiger partial charge in [0.25, 0.3) is 0 Å². The van der Waals surface area contributed by atoms with E-state index in [0.29, 0.717) is 13.0 Å². The number of sulfonamides is 1. The van der Waals surface area contributed by atoms with E-state index in [4.69, 9.17) is 5.11 Å². The lowest BCUT2D eigenvalue weighted by Gasteiger charge is -2.21. The van der Waals surface area contributed by atoms with E-state index in [1.54, 1.807) is 24.3 Å². The average Bonchev–Trinajstić information content (AvgIpc) is 2.91. The summed E-state index contributed by atoms with van der Waals surface area (Å²) in [5.41, 5.74) is 2.89. The van der Waals surface area contributed by atoms with Crippen molar-refractivity contribution in [2.75, 3.05) is 0 Å². The fourth-order valence-electron chi connectivity index (χ4n) is 3.05. The molecule has 0 saturated heterocycles. The van der Waals surface area contributed by atoms with E-state index in [2.05, 4.69) is 0 Å². The third kappa shape index (κ3) is 3.07. The summed E-state index contributed by atoms with van der Waals surface area (Å²) in [6.45, 7) is 2.27. The minimum Gasteiger partial charge on any atom is -0.481 e. The summed E-state index contributed by atoms with van der Waals surface area (Å²) >= 11 is 0. The maximum absolute atomic E-state index is 12.9. The molecule has 0 unspecified atom stereocenters. The smallest absolute Gasteiger partial charge is 0.303 e. The van der Waals surface area contributed by atoms with E-state index in [-0.39, 0.29) is 17.4 Å². The summed E-state index contributed by atoms with van der Waals surface area (Å²) in [6.07, 6.45) is 0.422. The Labute approximate surface area is 141 Å². The highest BCUT2D eigenvalue weighted by Gasteiger charge is 2.35. The number of carbonyl (C=O) groups is 1. The molecule has 3 rings (SSSR count). The van der Waals surface area contributed by atoms with Crippen molar-refractivity contribution in [1.82, 2.24) is 4.31 Å². The first-order valence-electron chi connectivity index (χ1n) is 7.80. The molecule has 0 spiro atoms. The summed E-state index contributed by atoms with van der Waals surface area (Å²) < 4.78 is 27.3. The van der Waals surface area contributed by atoms with E-state index in [1.165, 1.54) is 4.31 Å². The first-order valence-corrected chi connectivity index (χ1v) is 9.24. The molecule has 0 aromatic heterocycles. The van der Waals surface area contributed by atoms with Crippen LogP contribution in [0.15, 0.2) is 53.4 Å². The number of fused-ring (bicyclic) bond motifs is 1. The van der Waals surface area contributed by atoms with Crippen LogP contribution >= 0.6 is 0 Å². The number of carboxylic acid groups (broad SMARTS) is 1. The van der Waals surface area contributed by atoms with Gasteiger partial charge in [0, 0.05) is 19.0 Å². The van der Waals surface area contributed by atoms with Gasteiger partial charge < -0.3 is 5.11 Å². The molecule has 5 nitrogen and oxygen atoms in total. The molecule has 0 radical (unpaired) electrons. The monoisotopic (exact) mass is 345 g/mol. The van der Waals surface area contributed by atoms with Crippen LogP contribution in [0.5, 0.6) is 0 Å². The van der Waals surface area contributed by atoms with Crippen molar-refractivity contribution in [3.8, 4) is 0 Å². The van der Waals surface area contributed by atoms with Crippen LogP contribution in [0.3, 0.4) is 0 Å². The number of aryl methyl sites for hydroxylation is 1. The second kappa shape index (κ2) is 6.37. The van der Waals surface area contributed by atoms with Gasteiger partial charge in [0.05, 0.1) is 4.90 Å². The topological polar surface area (TPSA) is 74.7 Å². The minimum atomic E-state index is -3.59. The van der Waals surface area contributed by atoms with E-state index >= 15 is 0 Å². The van der Waals surface area contributed by atoms with E-state index in [0.717, 1.165) is 16.7 Å². The second-order valence-electron chi connectivity index (χ2n) is 5.96. The van der Waals surface area contributed by atoms with Crippen LogP contribution in [0.1, 0.15) is 36.1 Å². The Morgan fingerprint density at radius 1 is 1.17 bits per heavy atom. The van der Waals surface area contributed by atoms with Crippen molar-refractivity contribution < 1.29 is 18.3 Å². The zero-order chi connectivity index (χ0) is 17.3. The zero-order valence-electron chi connectivity index (χ0n) is 13.3. The molecule has 2 aromatic carbocycles. The van der Waals surface area contributed by atoms with Crippen molar-refractivity contribution >= 4 is 16.0 Å². The van der Waals surface area contributed by atoms with Crippen LogP contribution < -0.4 is 0 Å². The van der Waals surface area contributed by atoms with Gasteiger partial charge in [-0.25, -0.2) is 8.42 Å². The van der Waals surface area contributed by atoms with Gasteiger partial charge in [-0.05, 0) is 42.2 Å². The molecule has 1 aliphatic rings. The van der Waals surface area contributed by atoms with Gasteiger partial charge >= 0.3 is 5.97 Å². The SMILES string of the molecule is C[C@H]1c2ccccc2CN1S(=O)(=O)c1ccc(CCC(=O)O)cc1. The van der Waals surface area contributed by atoms with Crippen LogP contribution in [0.2, 0.25) is 0 Å². The van der Waals surface area contributed by atoms with E-state index in [1.807, 2.05) is 31.2 Å². The number of rotatable bonds is 5. The van der Waals surface area contributed by atoms with Crippen LogP contribution in [0.4, 0.5) is 0 Å². The highest BCUT2D eigenvalue weighted by molar-refractivity contribution is 7.89. The maximum atomic E-state index is 12.9. The molecule has 6 heteroatoms. The van der Waals surface area contributed by atoms with Gasteiger partial charge in [-0.1, -0.05) is 36.4 Å². The molecule has 0 amide bonds. The summed E-state index contributed by atoms with van der Waals surface area (Å²) in [7, 11) is -3.59. The molecule has 0 bridgehead atoms. The number of nitrogens with zero attached hydrogens (tertiary/aromatic N) is 1. The highest BCUT2D eigenvalue weighted by atomic mass is 32.2. The maximum Gasteiger partial charge on any atom is 0.303 e. The Kier molecular flexibility index (Phi) is 4.43. The lowest BCUT2D eigenvalue weighted by Crippen LogP contribution is -2.28. The van der Waals surface area contributed by atoms with E-state index < -0.39 is 16.0 Å².